The minimum Gasteiger partial charge on any atom is -0.466 e. The van der Waals surface area contributed by atoms with Gasteiger partial charge < -0.3 is 4.74 Å². The highest BCUT2D eigenvalue weighted by Crippen LogP contribution is 2.46. The van der Waals surface area contributed by atoms with Crippen molar-refractivity contribution in [3.63, 3.8) is 0 Å². The molecule has 2 rings (SSSR count). The van der Waals surface area contributed by atoms with Crippen molar-refractivity contribution in [2.75, 3.05) is 6.61 Å². The fourth-order valence-corrected chi connectivity index (χ4v) is 1.83. The summed E-state index contributed by atoms with van der Waals surface area (Å²) < 4.78 is 18.6. The van der Waals surface area contributed by atoms with Crippen LogP contribution in [0.4, 0.5) is 4.39 Å². The van der Waals surface area contributed by atoms with Gasteiger partial charge in [0.1, 0.15) is 5.83 Å². The molecule has 0 aromatic heterocycles. The van der Waals surface area contributed by atoms with Crippen molar-refractivity contribution < 1.29 is 13.9 Å². The summed E-state index contributed by atoms with van der Waals surface area (Å²) in [6.07, 6.45) is 2.05. The Kier molecular flexibility index (Phi) is 3.57. The summed E-state index contributed by atoms with van der Waals surface area (Å²) in [6.45, 7) is 2.11. The Morgan fingerprint density at radius 3 is 2.76 bits per heavy atom. The summed E-state index contributed by atoms with van der Waals surface area (Å²) in [5.74, 6) is -1.08. The predicted molar refractivity (Wildman–Crippen MR) is 63.8 cm³/mol. The van der Waals surface area contributed by atoms with E-state index in [0.29, 0.717) is 13.0 Å². The summed E-state index contributed by atoms with van der Waals surface area (Å²) in [4.78, 5) is 11.4. The maximum Gasteiger partial charge on any atom is 0.309 e. The number of hydrogen-bond donors (Lipinski definition) is 0. The molecule has 0 aliphatic heterocycles. The molecular weight excluding hydrogens is 219 g/mol. The Bertz CT molecular complexity index is 425. The van der Waals surface area contributed by atoms with Gasteiger partial charge in [0.05, 0.1) is 12.5 Å². The zero-order valence-electron chi connectivity index (χ0n) is 9.73. The van der Waals surface area contributed by atoms with Crippen LogP contribution in [0.1, 0.15) is 18.9 Å². The Morgan fingerprint density at radius 1 is 1.41 bits per heavy atom. The van der Waals surface area contributed by atoms with Crippen molar-refractivity contribution in [2.24, 2.45) is 11.8 Å². The van der Waals surface area contributed by atoms with E-state index in [4.69, 9.17) is 4.74 Å². The van der Waals surface area contributed by atoms with E-state index in [9.17, 15) is 9.18 Å². The number of esters is 1. The molecule has 17 heavy (non-hydrogen) atoms. The molecule has 0 spiro atoms. The van der Waals surface area contributed by atoms with Gasteiger partial charge in [-0.15, -0.1) is 0 Å². The van der Waals surface area contributed by atoms with Crippen LogP contribution in [-0.2, 0) is 9.53 Å². The number of halogens is 1. The van der Waals surface area contributed by atoms with Crippen LogP contribution in [0, 0.1) is 11.8 Å². The molecule has 0 amide bonds. The average molecular weight is 234 g/mol. The van der Waals surface area contributed by atoms with Crippen LogP contribution >= 0.6 is 0 Å². The molecule has 1 aromatic carbocycles. The van der Waals surface area contributed by atoms with Gasteiger partial charge in [0.15, 0.2) is 0 Å². The highest BCUT2D eigenvalue weighted by atomic mass is 19.1. The lowest BCUT2D eigenvalue weighted by molar-refractivity contribution is -0.144. The second-order valence-electron chi connectivity index (χ2n) is 4.14. The first-order valence-corrected chi connectivity index (χ1v) is 5.81. The molecule has 1 aliphatic rings. The first kappa shape index (κ1) is 11.8. The number of benzene rings is 1. The topological polar surface area (TPSA) is 26.3 Å². The normalized spacial score (nSPS) is 23.3. The average Bonchev–Trinajstić information content (AvgIpc) is 3.10. The maximum atomic E-state index is 13.8. The third-order valence-electron chi connectivity index (χ3n) is 2.84. The zero-order valence-corrected chi connectivity index (χ0v) is 9.73. The number of carbonyl (C=O) groups excluding carboxylic acids is 1. The second-order valence-corrected chi connectivity index (χ2v) is 4.14. The van der Waals surface area contributed by atoms with E-state index in [-0.39, 0.29) is 23.6 Å². The molecule has 0 bridgehead atoms. The molecule has 0 N–H and O–H groups in total. The van der Waals surface area contributed by atoms with Crippen molar-refractivity contribution in [2.45, 2.75) is 13.3 Å². The van der Waals surface area contributed by atoms with E-state index in [1.165, 1.54) is 6.08 Å². The standard InChI is InChI=1S/C14H15FO2/c1-2-17-14(16)12-9-11(12)13(15)8-10-6-4-3-5-7-10/h3-8,11-12H,2,9H2,1H3/b13-8-. The van der Waals surface area contributed by atoms with Gasteiger partial charge >= 0.3 is 5.97 Å². The zero-order chi connectivity index (χ0) is 12.3. The Balaban J connectivity index is 1.97. The highest BCUT2D eigenvalue weighted by molar-refractivity contribution is 5.77. The number of rotatable bonds is 4. The van der Waals surface area contributed by atoms with Crippen LogP contribution in [0.3, 0.4) is 0 Å². The van der Waals surface area contributed by atoms with Crippen molar-refractivity contribution in [3.8, 4) is 0 Å². The molecule has 90 valence electrons. The van der Waals surface area contributed by atoms with E-state index in [1.54, 1.807) is 6.92 Å². The summed E-state index contributed by atoms with van der Waals surface area (Å²) in [5.41, 5.74) is 0.819. The van der Waals surface area contributed by atoms with Gasteiger partial charge in [-0.25, -0.2) is 4.39 Å². The summed E-state index contributed by atoms with van der Waals surface area (Å²) >= 11 is 0. The lowest BCUT2D eigenvalue weighted by Gasteiger charge is -1.99. The molecule has 2 unspecified atom stereocenters. The van der Waals surface area contributed by atoms with Crippen molar-refractivity contribution >= 4 is 12.0 Å². The molecule has 2 nitrogen and oxygen atoms in total. The Labute approximate surface area is 100 Å². The lowest BCUT2D eigenvalue weighted by atomic mass is 10.1. The van der Waals surface area contributed by atoms with Crippen molar-refractivity contribution in [1.29, 1.82) is 0 Å². The van der Waals surface area contributed by atoms with E-state index in [1.807, 2.05) is 30.3 Å². The van der Waals surface area contributed by atoms with E-state index < -0.39 is 0 Å². The lowest BCUT2D eigenvalue weighted by Crippen LogP contribution is -2.07. The molecular formula is C14H15FO2. The molecule has 3 heteroatoms. The maximum absolute atomic E-state index is 13.8. The summed E-state index contributed by atoms with van der Waals surface area (Å²) in [5, 5.41) is 0. The van der Waals surface area contributed by atoms with Gasteiger partial charge in [0.25, 0.3) is 0 Å². The molecule has 0 saturated heterocycles. The third kappa shape index (κ3) is 2.93. The van der Waals surface area contributed by atoms with Gasteiger partial charge in [-0.1, -0.05) is 30.3 Å². The molecule has 0 heterocycles. The largest absolute Gasteiger partial charge is 0.466 e. The van der Waals surface area contributed by atoms with E-state index in [2.05, 4.69) is 0 Å². The summed E-state index contributed by atoms with van der Waals surface area (Å²) in [7, 11) is 0. The minimum atomic E-state index is -0.283. The molecule has 0 radical (unpaired) electrons. The number of hydrogen-bond acceptors (Lipinski definition) is 2. The molecule has 2 atom stereocenters. The Hall–Kier alpha value is -1.64. The van der Waals surface area contributed by atoms with Crippen LogP contribution in [0.15, 0.2) is 36.2 Å². The van der Waals surface area contributed by atoms with Crippen LogP contribution in [0.5, 0.6) is 0 Å². The van der Waals surface area contributed by atoms with Crippen molar-refractivity contribution in [3.05, 3.63) is 41.7 Å². The smallest absolute Gasteiger partial charge is 0.309 e. The minimum absolute atomic E-state index is 0.228. The monoisotopic (exact) mass is 234 g/mol. The van der Waals surface area contributed by atoms with Gasteiger partial charge in [0, 0.05) is 5.92 Å². The Morgan fingerprint density at radius 2 is 2.12 bits per heavy atom. The predicted octanol–water partition coefficient (Wildman–Crippen LogP) is 3.20. The fraction of sp³-hybridized carbons (Fsp3) is 0.357. The number of allylic oxidation sites excluding steroid dienone is 1. The van der Waals surface area contributed by atoms with Crippen LogP contribution in [0.25, 0.3) is 6.08 Å². The molecule has 1 aromatic rings. The first-order chi connectivity index (χ1) is 8.22. The SMILES string of the molecule is CCOC(=O)C1CC1/C(F)=C/c1ccccc1. The number of ether oxygens (including phenoxy) is 1. The molecule has 1 aliphatic carbocycles. The van der Waals surface area contributed by atoms with Crippen LogP contribution < -0.4 is 0 Å². The first-order valence-electron chi connectivity index (χ1n) is 5.81. The van der Waals surface area contributed by atoms with Crippen LogP contribution in [0.2, 0.25) is 0 Å². The van der Waals surface area contributed by atoms with E-state index >= 15 is 0 Å². The number of carbonyl (C=O) groups is 1. The highest BCUT2D eigenvalue weighted by Gasteiger charge is 2.47. The third-order valence-corrected chi connectivity index (χ3v) is 2.84. The second kappa shape index (κ2) is 5.13. The van der Waals surface area contributed by atoms with Gasteiger partial charge in [-0.2, -0.15) is 0 Å². The summed E-state index contributed by atoms with van der Waals surface area (Å²) in [6, 6.07) is 9.26. The van der Waals surface area contributed by atoms with Crippen LogP contribution in [-0.4, -0.2) is 12.6 Å². The van der Waals surface area contributed by atoms with E-state index in [0.717, 1.165) is 5.56 Å². The molecule has 1 saturated carbocycles. The van der Waals surface area contributed by atoms with Gasteiger partial charge in [-0.05, 0) is 25.0 Å². The fourth-order valence-electron chi connectivity index (χ4n) is 1.83. The van der Waals surface area contributed by atoms with Gasteiger partial charge in [-0.3, -0.25) is 4.79 Å². The van der Waals surface area contributed by atoms with Crippen molar-refractivity contribution in [1.82, 2.24) is 0 Å². The molecule has 1 fully saturated rings. The quantitative estimate of drug-likeness (QED) is 0.748. The van der Waals surface area contributed by atoms with Gasteiger partial charge in [0.2, 0.25) is 0 Å².